The molecule has 1 heterocycles. The first-order chi connectivity index (χ1) is 13.0. The largest absolute Gasteiger partial charge is 0.494 e. The molecule has 0 aromatic heterocycles. The fourth-order valence-electron chi connectivity index (χ4n) is 2.86. The Bertz CT molecular complexity index is 789. The van der Waals surface area contributed by atoms with Gasteiger partial charge in [-0.25, -0.2) is 4.79 Å². The summed E-state index contributed by atoms with van der Waals surface area (Å²) in [5.74, 6) is 0.771. The second-order valence-corrected chi connectivity index (χ2v) is 6.23. The van der Waals surface area contributed by atoms with Crippen LogP contribution in [0, 0.1) is 5.92 Å². The molecular formula is C20H22N2O5. The van der Waals surface area contributed by atoms with Gasteiger partial charge in [-0.3, -0.25) is 4.79 Å². The molecule has 2 N–H and O–H groups in total. The predicted octanol–water partition coefficient (Wildman–Crippen LogP) is 3.82. The van der Waals surface area contributed by atoms with Crippen molar-refractivity contribution in [3.8, 4) is 17.2 Å². The van der Waals surface area contributed by atoms with E-state index in [1.54, 1.807) is 24.3 Å². The molecule has 1 aliphatic rings. The Kier molecular flexibility index (Phi) is 5.80. The Balaban J connectivity index is 1.54. The number of anilines is 1. The molecular weight excluding hydrogens is 348 g/mol. The number of urea groups is 1. The molecule has 2 amide bonds. The number of hydrogen-bond acceptors (Lipinski definition) is 4. The van der Waals surface area contributed by atoms with E-state index in [-0.39, 0.29) is 12.6 Å². The highest BCUT2D eigenvalue weighted by atomic mass is 16.5. The Morgan fingerprint density at radius 2 is 1.67 bits per heavy atom. The number of carbonyl (C=O) groups excluding carboxylic acids is 1. The highest BCUT2D eigenvalue weighted by molar-refractivity contribution is 5.90. The number of amides is 2. The molecule has 1 atom stereocenters. The van der Waals surface area contributed by atoms with Crippen molar-refractivity contribution in [2.45, 2.75) is 13.3 Å². The normalized spacial score (nSPS) is 16.0. The van der Waals surface area contributed by atoms with E-state index >= 15 is 0 Å². The van der Waals surface area contributed by atoms with E-state index in [4.69, 9.17) is 14.6 Å². The van der Waals surface area contributed by atoms with Gasteiger partial charge in [-0.05, 0) is 61.9 Å². The van der Waals surface area contributed by atoms with Crippen molar-refractivity contribution in [3.63, 3.8) is 0 Å². The van der Waals surface area contributed by atoms with Crippen LogP contribution in [-0.4, -0.2) is 41.7 Å². The molecule has 1 aliphatic heterocycles. The number of nitrogens with zero attached hydrogens (tertiary/aromatic N) is 1. The summed E-state index contributed by atoms with van der Waals surface area (Å²) in [6, 6.07) is 14.0. The van der Waals surface area contributed by atoms with E-state index in [1.165, 1.54) is 4.90 Å². The first-order valence-electron chi connectivity index (χ1n) is 8.84. The minimum Gasteiger partial charge on any atom is -0.494 e. The fraction of sp³-hybridized carbons (Fsp3) is 0.300. The van der Waals surface area contributed by atoms with Crippen LogP contribution in [0.5, 0.6) is 17.2 Å². The molecule has 7 heteroatoms. The highest BCUT2D eigenvalue weighted by Gasteiger charge is 2.30. The molecule has 1 fully saturated rings. The Morgan fingerprint density at radius 1 is 1.07 bits per heavy atom. The summed E-state index contributed by atoms with van der Waals surface area (Å²) < 4.78 is 11.2. The van der Waals surface area contributed by atoms with Gasteiger partial charge in [0, 0.05) is 18.8 Å². The van der Waals surface area contributed by atoms with E-state index in [9.17, 15) is 9.59 Å². The number of ether oxygens (including phenoxy) is 2. The van der Waals surface area contributed by atoms with E-state index in [0.717, 1.165) is 5.75 Å². The van der Waals surface area contributed by atoms with Crippen LogP contribution in [0.25, 0.3) is 0 Å². The molecule has 2 aromatic carbocycles. The summed E-state index contributed by atoms with van der Waals surface area (Å²) in [5.41, 5.74) is 0.623. The lowest BCUT2D eigenvalue weighted by Crippen LogP contribution is -2.33. The molecule has 2 aromatic rings. The highest BCUT2D eigenvalue weighted by Crippen LogP contribution is 2.25. The van der Waals surface area contributed by atoms with Crippen molar-refractivity contribution in [2.75, 3.05) is 25.0 Å². The number of carboxylic acids is 1. The van der Waals surface area contributed by atoms with Crippen LogP contribution in [0.1, 0.15) is 13.3 Å². The third-order valence-electron chi connectivity index (χ3n) is 4.30. The molecule has 0 radical (unpaired) electrons. The molecule has 3 rings (SSSR count). The molecule has 1 saturated heterocycles. The van der Waals surface area contributed by atoms with Crippen molar-refractivity contribution < 1.29 is 24.2 Å². The maximum Gasteiger partial charge on any atom is 0.321 e. The zero-order chi connectivity index (χ0) is 19.2. The maximum atomic E-state index is 12.2. The van der Waals surface area contributed by atoms with Crippen molar-refractivity contribution >= 4 is 17.7 Å². The van der Waals surface area contributed by atoms with Crippen LogP contribution in [0.2, 0.25) is 0 Å². The molecule has 1 unspecified atom stereocenters. The molecule has 142 valence electrons. The SMILES string of the molecule is CCOc1ccc(Oc2ccc(NC(=O)N3CCC(C(=O)O)C3)cc2)cc1. The topological polar surface area (TPSA) is 88.1 Å². The van der Waals surface area contributed by atoms with Gasteiger partial charge in [0.1, 0.15) is 17.2 Å². The number of benzene rings is 2. The standard InChI is InChI=1S/C20H22N2O5/c1-2-26-16-7-9-18(10-8-16)27-17-5-3-15(4-6-17)21-20(25)22-12-11-14(13-22)19(23)24/h3-10,14H,2,11-13H2,1H3,(H,21,25)(H,23,24). The van der Waals surface area contributed by atoms with Crippen molar-refractivity contribution in [3.05, 3.63) is 48.5 Å². The summed E-state index contributed by atoms with van der Waals surface area (Å²) in [7, 11) is 0. The Labute approximate surface area is 157 Å². The zero-order valence-corrected chi connectivity index (χ0v) is 15.1. The van der Waals surface area contributed by atoms with Crippen LogP contribution in [0.4, 0.5) is 10.5 Å². The summed E-state index contributed by atoms with van der Waals surface area (Å²) in [6.45, 7) is 3.22. The third-order valence-corrected chi connectivity index (χ3v) is 4.30. The van der Waals surface area contributed by atoms with Gasteiger partial charge >= 0.3 is 12.0 Å². The quantitative estimate of drug-likeness (QED) is 0.807. The number of rotatable bonds is 6. The lowest BCUT2D eigenvalue weighted by Gasteiger charge is -2.17. The van der Waals surface area contributed by atoms with Crippen molar-refractivity contribution in [2.24, 2.45) is 5.92 Å². The van der Waals surface area contributed by atoms with E-state index in [2.05, 4.69) is 5.32 Å². The predicted molar refractivity (Wildman–Crippen MR) is 100 cm³/mol. The Morgan fingerprint density at radius 3 is 2.22 bits per heavy atom. The lowest BCUT2D eigenvalue weighted by atomic mass is 10.1. The van der Waals surface area contributed by atoms with Gasteiger partial charge in [0.05, 0.1) is 12.5 Å². The van der Waals surface area contributed by atoms with Gasteiger partial charge < -0.3 is 24.8 Å². The van der Waals surface area contributed by atoms with E-state index in [0.29, 0.717) is 36.8 Å². The second kappa shape index (κ2) is 8.44. The third kappa shape index (κ3) is 4.91. The van der Waals surface area contributed by atoms with Crippen LogP contribution in [-0.2, 0) is 4.79 Å². The number of aliphatic carboxylic acids is 1. The molecule has 27 heavy (non-hydrogen) atoms. The van der Waals surface area contributed by atoms with Gasteiger partial charge in [0.15, 0.2) is 0 Å². The van der Waals surface area contributed by atoms with Crippen LogP contribution < -0.4 is 14.8 Å². The van der Waals surface area contributed by atoms with E-state index in [1.807, 2.05) is 31.2 Å². The molecule has 0 saturated carbocycles. The van der Waals surface area contributed by atoms with Gasteiger partial charge in [-0.15, -0.1) is 0 Å². The van der Waals surface area contributed by atoms with Crippen molar-refractivity contribution in [1.82, 2.24) is 4.90 Å². The number of hydrogen-bond donors (Lipinski definition) is 2. The smallest absolute Gasteiger partial charge is 0.321 e. The molecule has 0 aliphatic carbocycles. The van der Waals surface area contributed by atoms with Crippen LogP contribution in [0.3, 0.4) is 0 Å². The molecule has 0 bridgehead atoms. The van der Waals surface area contributed by atoms with Crippen LogP contribution >= 0.6 is 0 Å². The van der Waals surface area contributed by atoms with E-state index < -0.39 is 11.9 Å². The monoisotopic (exact) mass is 370 g/mol. The summed E-state index contributed by atoms with van der Waals surface area (Å²) in [6.07, 6.45) is 0.484. The molecule has 0 spiro atoms. The second-order valence-electron chi connectivity index (χ2n) is 6.23. The van der Waals surface area contributed by atoms with Gasteiger partial charge in [0.25, 0.3) is 0 Å². The number of likely N-dealkylation sites (tertiary alicyclic amines) is 1. The summed E-state index contributed by atoms with van der Waals surface area (Å²) in [4.78, 5) is 24.7. The first-order valence-corrected chi connectivity index (χ1v) is 8.84. The lowest BCUT2D eigenvalue weighted by molar-refractivity contribution is -0.141. The summed E-state index contributed by atoms with van der Waals surface area (Å²) >= 11 is 0. The zero-order valence-electron chi connectivity index (χ0n) is 15.1. The average molecular weight is 370 g/mol. The maximum absolute atomic E-state index is 12.2. The number of carboxylic acid groups (broad SMARTS) is 1. The van der Waals surface area contributed by atoms with Gasteiger partial charge in [-0.2, -0.15) is 0 Å². The fourth-order valence-corrected chi connectivity index (χ4v) is 2.86. The van der Waals surface area contributed by atoms with Gasteiger partial charge in [-0.1, -0.05) is 0 Å². The number of carbonyl (C=O) groups is 2. The van der Waals surface area contributed by atoms with Gasteiger partial charge in [0.2, 0.25) is 0 Å². The van der Waals surface area contributed by atoms with Crippen molar-refractivity contribution in [1.29, 1.82) is 0 Å². The summed E-state index contributed by atoms with van der Waals surface area (Å²) in [5, 5.41) is 11.8. The average Bonchev–Trinajstić information content (AvgIpc) is 3.16. The number of nitrogens with one attached hydrogen (secondary N) is 1. The van der Waals surface area contributed by atoms with Crippen LogP contribution in [0.15, 0.2) is 48.5 Å². The minimum atomic E-state index is -0.860. The Hall–Kier alpha value is -3.22. The first kappa shape index (κ1) is 18.6. The molecule has 7 nitrogen and oxygen atoms in total. The minimum absolute atomic E-state index is 0.236.